The quantitative estimate of drug-likeness (QED) is 0.817. The number of nitrogens with zero attached hydrogens (tertiary/aromatic N) is 1. The normalized spacial score (nSPS) is 19.2. The van der Waals surface area contributed by atoms with Gasteiger partial charge in [-0.15, -0.1) is 0 Å². The lowest BCUT2D eigenvalue weighted by Gasteiger charge is -2.38. The Morgan fingerprint density at radius 2 is 1.88 bits per heavy atom. The minimum atomic E-state index is -0.621. The number of benzene rings is 1. The SMILES string of the molecule is CC(C)(C)NC(=O)COc1ccc(CN2CCCC(C(C)(C)O)C2)cc1. The fraction of sp³-hybridized carbons (Fsp3) is 0.667. The van der Waals surface area contributed by atoms with Crippen LogP contribution >= 0.6 is 0 Å². The lowest BCUT2D eigenvalue weighted by Crippen LogP contribution is -2.44. The van der Waals surface area contributed by atoms with E-state index in [0.717, 1.165) is 32.5 Å². The molecule has 0 spiro atoms. The molecule has 1 fully saturated rings. The molecule has 1 amide bonds. The number of rotatable bonds is 6. The number of carbonyl (C=O) groups excluding carboxylic acids is 1. The van der Waals surface area contributed by atoms with E-state index in [-0.39, 0.29) is 18.1 Å². The first kappa shape index (κ1) is 20.7. The summed E-state index contributed by atoms with van der Waals surface area (Å²) in [5.41, 5.74) is 0.344. The molecular formula is C21H34N2O3. The Morgan fingerprint density at radius 3 is 2.46 bits per heavy atom. The van der Waals surface area contributed by atoms with Gasteiger partial charge in [0.1, 0.15) is 5.75 Å². The minimum absolute atomic E-state index is 0.0238. The van der Waals surface area contributed by atoms with E-state index in [1.165, 1.54) is 5.56 Å². The van der Waals surface area contributed by atoms with Crippen LogP contribution in [0.25, 0.3) is 0 Å². The van der Waals surface area contributed by atoms with Crippen molar-refractivity contribution in [3.8, 4) is 5.75 Å². The third kappa shape index (κ3) is 6.96. The highest BCUT2D eigenvalue weighted by atomic mass is 16.5. The number of hydrogen-bond donors (Lipinski definition) is 2. The molecule has 1 heterocycles. The van der Waals surface area contributed by atoms with Crippen molar-refractivity contribution in [3.63, 3.8) is 0 Å². The maximum Gasteiger partial charge on any atom is 0.258 e. The van der Waals surface area contributed by atoms with Gasteiger partial charge in [-0.3, -0.25) is 9.69 Å². The van der Waals surface area contributed by atoms with Gasteiger partial charge in [-0.2, -0.15) is 0 Å². The monoisotopic (exact) mass is 362 g/mol. The molecular weight excluding hydrogens is 328 g/mol. The predicted molar refractivity (Wildman–Crippen MR) is 104 cm³/mol. The smallest absolute Gasteiger partial charge is 0.258 e. The van der Waals surface area contributed by atoms with E-state index in [1.54, 1.807) is 0 Å². The Bertz CT molecular complexity index is 585. The molecule has 1 aliphatic rings. The summed E-state index contributed by atoms with van der Waals surface area (Å²) in [6.45, 7) is 12.5. The maximum atomic E-state index is 11.8. The summed E-state index contributed by atoms with van der Waals surface area (Å²) in [4.78, 5) is 14.2. The van der Waals surface area contributed by atoms with E-state index in [1.807, 2.05) is 58.9 Å². The van der Waals surface area contributed by atoms with E-state index < -0.39 is 5.60 Å². The summed E-state index contributed by atoms with van der Waals surface area (Å²) < 4.78 is 5.56. The van der Waals surface area contributed by atoms with Gasteiger partial charge in [-0.25, -0.2) is 0 Å². The Kier molecular flexibility index (Phi) is 6.69. The first-order chi connectivity index (χ1) is 12.0. The van der Waals surface area contributed by atoms with Gasteiger partial charge in [0.25, 0.3) is 5.91 Å². The van der Waals surface area contributed by atoms with Gasteiger partial charge in [0.05, 0.1) is 5.60 Å². The second-order valence-corrected chi connectivity index (χ2v) is 8.96. The maximum absolute atomic E-state index is 11.8. The number of ether oxygens (including phenoxy) is 1. The van der Waals surface area contributed by atoms with Crippen molar-refractivity contribution in [2.45, 2.75) is 65.1 Å². The lowest BCUT2D eigenvalue weighted by atomic mass is 9.84. The molecule has 1 saturated heterocycles. The van der Waals surface area contributed by atoms with Gasteiger partial charge in [0.2, 0.25) is 0 Å². The topological polar surface area (TPSA) is 61.8 Å². The number of carbonyl (C=O) groups is 1. The molecule has 5 heteroatoms. The zero-order valence-electron chi connectivity index (χ0n) is 16.8. The molecule has 0 bridgehead atoms. The summed E-state index contributed by atoms with van der Waals surface area (Å²) >= 11 is 0. The highest BCUT2D eigenvalue weighted by molar-refractivity contribution is 5.78. The molecule has 0 aliphatic carbocycles. The van der Waals surface area contributed by atoms with Crippen LogP contribution in [0, 0.1) is 5.92 Å². The second kappa shape index (κ2) is 8.40. The highest BCUT2D eigenvalue weighted by Crippen LogP contribution is 2.27. The zero-order valence-corrected chi connectivity index (χ0v) is 16.8. The molecule has 1 aromatic carbocycles. The van der Waals surface area contributed by atoms with E-state index in [4.69, 9.17) is 4.74 Å². The van der Waals surface area contributed by atoms with Crippen molar-refractivity contribution in [1.29, 1.82) is 0 Å². The Balaban J connectivity index is 1.83. The predicted octanol–water partition coefficient (Wildman–Crippen LogP) is 2.96. The first-order valence-corrected chi connectivity index (χ1v) is 9.50. The lowest BCUT2D eigenvalue weighted by molar-refractivity contribution is -0.124. The number of likely N-dealkylation sites (tertiary alicyclic amines) is 1. The van der Waals surface area contributed by atoms with Gasteiger partial charge in [0.15, 0.2) is 6.61 Å². The number of aliphatic hydroxyl groups is 1. The second-order valence-electron chi connectivity index (χ2n) is 8.96. The number of hydrogen-bond acceptors (Lipinski definition) is 4. The summed E-state index contributed by atoms with van der Waals surface area (Å²) in [6, 6.07) is 7.92. The van der Waals surface area contributed by atoms with Crippen molar-refractivity contribution >= 4 is 5.91 Å². The van der Waals surface area contributed by atoms with Crippen molar-refractivity contribution < 1.29 is 14.6 Å². The van der Waals surface area contributed by atoms with Crippen LogP contribution in [0.15, 0.2) is 24.3 Å². The van der Waals surface area contributed by atoms with Crippen LogP contribution in [-0.2, 0) is 11.3 Å². The Labute approximate surface area is 157 Å². The van der Waals surface area contributed by atoms with Gasteiger partial charge < -0.3 is 15.2 Å². The molecule has 2 rings (SSSR count). The van der Waals surface area contributed by atoms with E-state index in [2.05, 4.69) is 10.2 Å². The third-order valence-electron chi connectivity index (χ3n) is 4.72. The molecule has 0 radical (unpaired) electrons. The third-order valence-corrected chi connectivity index (χ3v) is 4.72. The Morgan fingerprint density at radius 1 is 1.23 bits per heavy atom. The average molecular weight is 363 g/mol. The van der Waals surface area contributed by atoms with Crippen LogP contribution in [0.1, 0.15) is 53.0 Å². The van der Waals surface area contributed by atoms with Crippen LogP contribution in [-0.4, -0.2) is 46.7 Å². The molecule has 1 aliphatic heterocycles. The van der Waals surface area contributed by atoms with Gasteiger partial charge >= 0.3 is 0 Å². The molecule has 1 aromatic rings. The number of nitrogens with one attached hydrogen (secondary N) is 1. The molecule has 0 saturated carbocycles. The van der Waals surface area contributed by atoms with Crippen LogP contribution in [0.4, 0.5) is 0 Å². The van der Waals surface area contributed by atoms with E-state index in [9.17, 15) is 9.90 Å². The van der Waals surface area contributed by atoms with Crippen LogP contribution in [0.3, 0.4) is 0 Å². The standard InChI is InChI=1S/C21H34N2O3/c1-20(2,3)22-19(24)15-26-18-10-8-16(9-11-18)13-23-12-6-7-17(14-23)21(4,5)25/h8-11,17,25H,6-7,12-15H2,1-5H3,(H,22,24). The molecule has 1 unspecified atom stereocenters. The van der Waals surface area contributed by atoms with Crippen molar-refractivity contribution in [2.75, 3.05) is 19.7 Å². The van der Waals surface area contributed by atoms with Crippen molar-refractivity contribution in [3.05, 3.63) is 29.8 Å². The zero-order chi connectivity index (χ0) is 19.4. The summed E-state index contributed by atoms with van der Waals surface area (Å²) in [6.07, 6.45) is 2.21. The Hall–Kier alpha value is -1.59. The van der Waals surface area contributed by atoms with Gasteiger partial charge in [-0.05, 0) is 77.6 Å². The van der Waals surface area contributed by atoms with Crippen LogP contribution in [0.2, 0.25) is 0 Å². The molecule has 26 heavy (non-hydrogen) atoms. The fourth-order valence-corrected chi connectivity index (χ4v) is 3.33. The number of piperidine rings is 1. The van der Waals surface area contributed by atoms with E-state index in [0.29, 0.717) is 11.7 Å². The molecule has 2 N–H and O–H groups in total. The van der Waals surface area contributed by atoms with Gasteiger partial charge in [-0.1, -0.05) is 12.1 Å². The van der Waals surface area contributed by atoms with Crippen molar-refractivity contribution in [2.24, 2.45) is 5.92 Å². The highest BCUT2D eigenvalue weighted by Gasteiger charge is 2.31. The number of amides is 1. The van der Waals surface area contributed by atoms with Crippen LogP contribution < -0.4 is 10.1 Å². The van der Waals surface area contributed by atoms with E-state index >= 15 is 0 Å². The first-order valence-electron chi connectivity index (χ1n) is 9.50. The molecule has 146 valence electrons. The fourth-order valence-electron chi connectivity index (χ4n) is 3.33. The van der Waals surface area contributed by atoms with Gasteiger partial charge in [0, 0.05) is 18.6 Å². The summed E-state index contributed by atoms with van der Waals surface area (Å²) in [7, 11) is 0. The molecule has 5 nitrogen and oxygen atoms in total. The largest absolute Gasteiger partial charge is 0.484 e. The average Bonchev–Trinajstić information content (AvgIpc) is 2.52. The molecule has 1 atom stereocenters. The minimum Gasteiger partial charge on any atom is -0.484 e. The summed E-state index contributed by atoms with van der Waals surface area (Å²) in [5, 5.41) is 13.1. The summed E-state index contributed by atoms with van der Waals surface area (Å²) in [5.74, 6) is 0.901. The van der Waals surface area contributed by atoms with Crippen molar-refractivity contribution in [1.82, 2.24) is 10.2 Å². The molecule has 0 aromatic heterocycles. The van der Waals surface area contributed by atoms with Crippen LogP contribution in [0.5, 0.6) is 5.75 Å².